The minimum absolute atomic E-state index is 0.0905. The molecule has 2 aromatic rings. The molecule has 9 heteroatoms. The van der Waals surface area contributed by atoms with Gasteiger partial charge in [-0.1, -0.05) is 28.4 Å². The molecule has 2 N–H and O–H groups in total. The summed E-state index contributed by atoms with van der Waals surface area (Å²) in [6.45, 7) is 2.49. The summed E-state index contributed by atoms with van der Waals surface area (Å²) in [5.41, 5.74) is 0.457. The van der Waals surface area contributed by atoms with Gasteiger partial charge in [0.15, 0.2) is 5.82 Å². The summed E-state index contributed by atoms with van der Waals surface area (Å²) in [6.07, 6.45) is 1.50. The lowest BCUT2D eigenvalue weighted by Crippen LogP contribution is -2.43. The van der Waals surface area contributed by atoms with E-state index in [-0.39, 0.29) is 18.4 Å². The Labute approximate surface area is 160 Å². The van der Waals surface area contributed by atoms with E-state index in [1.165, 1.54) is 0 Å². The monoisotopic (exact) mass is 396 g/mol. The number of halogens is 2. The molecule has 1 fully saturated rings. The fourth-order valence-corrected chi connectivity index (χ4v) is 3.25. The number of rotatable bonds is 5. The van der Waals surface area contributed by atoms with E-state index in [1.54, 1.807) is 31.2 Å². The van der Waals surface area contributed by atoms with Crippen LogP contribution in [0.25, 0.3) is 0 Å². The molecule has 2 heterocycles. The molecule has 0 radical (unpaired) electrons. The van der Waals surface area contributed by atoms with E-state index in [9.17, 15) is 9.59 Å². The predicted octanol–water partition coefficient (Wildman–Crippen LogP) is 3.33. The van der Waals surface area contributed by atoms with Crippen molar-refractivity contribution >= 4 is 46.5 Å². The van der Waals surface area contributed by atoms with Crippen molar-refractivity contribution in [2.24, 2.45) is 0 Å². The molecule has 0 aliphatic carbocycles. The second kappa shape index (κ2) is 8.07. The number of nitrogens with zero attached hydrogens (tertiary/aromatic N) is 2. The Hall–Kier alpha value is -2.09. The highest BCUT2D eigenvalue weighted by atomic mass is 35.5. The summed E-state index contributed by atoms with van der Waals surface area (Å²) in [5.74, 6) is 0.506. The topological polar surface area (TPSA) is 87.5 Å². The van der Waals surface area contributed by atoms with Crippen LogP contribution in [-0.2, 0) is 9.59 Å². The van der Waals surface area contributed by atoms with Gasteiger partial charge in [-0.05, 0) is 44.5 Å². The summed E-state index contributed by atoms with van der Waals surface area (Å²) >= 11 is 12.0. The first-order valence-corrected chi connectivity index (χ1v) is 8.91. The number of aromatic nitrogens is 1. The lowest BCUT2D eigenvalue weighted by Gasteiger charge is -2.23. The summed E-state index contributed by atoms with van der Waals surface area (Å²) in [6, 6.07) is 6.10. The van der Waals surface area contributed by atoms with E-state index in [4.69, 9.17) is 27.7 Å². The number of hydrogen-bond acceptors (Lipinski definition) is 5. The molecule has 1 aliphatic rings. The largest absolute Gasteiger partial charge is 0.360 e. The second-order valence-electron chi connectivity index (χ2n) is 6.11. The number of benzene rings is 1. The van der Waals surface area contributed by atoms with Gasteiger partial charge in [-0.2, -0.15) is 0 Å². The van der Waals surface area contributed by atoms with E-state index < -0.39 is 6.04 Å². The number of nitrogens with one attached hydrogen (secondary N) is 2. The van der Waals surface area contributed by atoms with E-state index in [2.05, 4.69) is 15.8 Å². The van der Waals surface area contributed by atoms with Crippen LogP contribution in [0, 0.1) is 6.92 Å². The standard InChI is InChI=1S/C17H18Cl2N4O3/c1-10-7-15(22-26-10)21-16(24)9-23-6-2-3-14(23)17(25)20-13-8-11(18)4-5-12(13)19/h4-5,7-8,14H,2-3,6,9H2,1H3,(H,20,25)(H,21,22,24)/t14-/m1/s1. The van der Waals surface area contributed by atoms with E-state index in [0.717, 1.165) is 6.42 Å². The quantitative estimate of drug-likeness (QED) is 0.808. The highest BCUT2D eigenvalue weighted by Crippen LogP contribution is 2.27. The van der Waals surface area contributed by atoms with Crippen molar-refractivity contribution in [3.05, 3.63) is 40.1 Å². The molecule has 1 saturated heterocycles. The maximum atomic E-state index is 12.6. The molecule has 2 amide bonds. The molecule has 1 aliphatic heterocycles. The van der Waals surface area contributed by atoms with Gasteiger partial charge < -0.3 is 15.2 Å². The van der Waals surface area contributed by atoms with Crippen molar-refractivity contribution in [2.75, 3.05) is 23.7 Å². The Bertz CT molecular complexity index is 824. The average Bonchev–Trinajstić information content (AvgIpc) is 3.20. The molecule has 0 spiro atoms. The van der Waals surface area contributed by atoms with Gasteiger partial charge in [0.2, 0.25) is 11.8 Å². The smallest absolute Gasteiger partial charge is 0.241 e. The number of hydrogen-bond donors (Lipinski definition) is 2. The zero-order chi connectivity index (χ0) is 18.7. The molecule has 0 unspecified atom stereocenters. The third-order valence-electron chi connectivity index (χ3n) is 4.09. The van der Waals surface area contributed by atoms with Gasteiger partial charge in [0.05, 0.1) is 23.3 Å². The predicted molar refractivity (Wildman–Crippen MR) is 99.6 cm³/mol. The van der Waals surface area contributed by atoms with E-state index >= 15 is 0 Å². The summed E-state index contributed by atoms with van der Waals surface area (Å²) in [5, 5.41) is 10.1. The first-order valence-electron chi connectivity index (χ1n) is 8.15. The molecular formula is C17H18Cl2N4O3. The maximum Gasteiger partial charge on any atom is 0.241 e. The van der Waals surface area contributed by atoms with Crippen LogP contribution in [0.15, 0.2) is 28.8 Å². The molecule has 3 rings (SSSR count). The van der Waals surface area contributed by atoms with Crippen LogP contribution >= 0.6 is 23.2 Å². The Morgan fingerprint density at radius 3 is 2.85 bits per heavy atom. The summed E-state index contributed by atoms with van der Waals surface area (Å²) < 4.78 is 4.92. The molecule has 26 heavy (non-hydrogen) atoms. The van der Waals surface area contributed by atoms with Crippen LogP contribution < -0.4 is 10.6 Å². The Morgan fingerprint density at radius 1 is 1.31 bits per heavy atom. The number of likely N-dealkylation sites (tertiary alicyclic amines) is 1. The third-order valence-corrected chi connectivity index (χ3v) is 4.66. The Morgan fingerprint density at radius 2 is 2.12 bits per heavy atom. The van der Waals surface area contributed by atoms with Crippen molar-refractivity contribution in [3.8, 4) is 0 Å². The first kappa shape index (κ1) is 18.7. The zero-order valence-corrected chi connectivity index (χ0v) is 15.6. The molecular weight excluding hydrogens is 379 g/mol. The lowest BCUT2D eigenvalue weighted by molar-refractivity contribution is -0.122. The minimum atomic E-state index is -0.408. The zero-order valence-electron chi connectivity index (χ0n) is 14.1. The fraction of sp³-hybridized carbons (Fsp3) is 0.353. The summed E-state index contributed by atoms with van der Waals surface area (Å²) in [4.78, 5) is 26.6. The molecule has 1 aromatic carbocycles. The van der Waals surface area contributed by atoms with Gasteiger partial charge in [-0.15, -0.1) is 0 Å². The van der Waals surface area contributed by atoms with Gasteiger partial charge in [-0.25, -0.2) is 0 Å². The average molecular weight is 397 g/mol. The van der Waals surface area contributed by atoms with Gasteiger partial charge >= 0.3 is 0 Å². The molecule has 0 bridgehead atoms. The molecule has 7 nitrogen and oxygen atoms in total. The van der Waals surface area contributed by atoms with Crippen molar-refractivity contribution in [1.82, 2.24) is 10.1 Å². The normalized spacial score (nSPS) is 17.3. The van der Waals surface area contributed by atoms with Crippen molar-refractivity contribution in [3.63, 3.8) is 0 Å². The minimum Gasteiger partial charge on any atom is -0.360 e. The van der Waals surface area contributed by atoms with Gasteiger partial charge in [0.1, 0.15) is 5.76 Å². The van der Waals surface area contributed by atoms with Crippen LogP contribution in [0.4, 0.5) is 11.5 Å². The summed E-state index contributed by atoms with van der Waals surface area (Å²) in [7, 11) is 0. The SMILES string of the molecule is Cc1cc(NC(=O)CN2CCC[C@@H]2C(=O)Nc2cc(Cl)ccc2Cl)no1. The number of aryl methyl sites for hydroxylation is 1. The van der Waals surface area contributed by atoms with Crippen molar-refractivity contribution in [2.45, 2.75) is 25.8 Å². The maximum absolute atomic E-state index is 12.6. The molecule has 1 atom stereocenters. The van der Waals surface area contributed by atoms with E-state index in [1.807, 2.05) is 4.90 Å². The van der Waals surface area contributed by atoms with Crippen LogP contribution in [0.2, 0.25) is 10.0 Å². The van der Waals surface area contributed by atoms with Crippen LogP contribution in [0.3, 0.4) is 0 Å². The molecule has 138 valence electrons. The highest BCUT2D eigenvalue weighted by molar-refractivity contribution is 6.35. The number of carbonyl (C=O) groups is 2. The van der Waals surface area contributed by atoms with Crippen LogP contribution in [0.5, 0.6) is 0 Å². The first-order chi connectivity index (χ1) is 12.4. The van der Waals surface area contributed by atoms with Crippen molar-refractivity contribution in [1.29, 1.82) is 0 Å². The molecule has 1 aromatic heterocycles. The third kappa shape index (κ3) is 4.55. The van der Waals surface area contributed by atoms with Gasteiger partial charge in [-0.3, -0.25) is 14.5 Å². The van der Waals surface area contributed by atoms with Crippen LogP contribution in [0.1, 0.15) is 18.6 Å². The Kier molecular flexibility index (Phi) is 5.80. The number of anilines is 2. The second-order valence-corrected chi connectivity index (χ2v) is 6.96. The number of carbonyl (C=O) groups excluding carboxylic acids is 2. The van der Waals surface area contributed by atoms with Gasteiger partial charge in [0, 0.05) is 11.1 Å². The molecule has 0 saturated carbocycles. The fourth-order valence-electron chi connectivity index (χ4n) is 2.91. The van der Waals surface area contributed by atoms with Crippen molar-refractivity contribution < 1.29 is 14.1 Å². The highest BCUT2D eigenvalue weighted by Gasteiger charge is 2.32. The van der Waals surface area contributed by atoms with Gasteiger partial charge in [0.25, 0.3) is 0 Å². The number of amides is 2. The Balaban J connectivity index is 1.61. The van der Waals surface area contributed by atoms with Crippen LogP contribution in [-0.4, -0.2) is 41.0 Å². The lowest BCUT2D eigenvalue weighted by atomic mass is 10.2. The van der Waals surface area contributed by atoms with E-state index in [0.29, 0.717) is 40.3 Å².